The standard InChI is InChI=1S/C17H20N2O2/c1-19(12-14-9-5-6-10-16(14)20)17(21)11-15(18)13-7-3-2-4-8-13/h2-10,15,20H,11-12,18H2,1H3. The summed E-state index contributed by atoms with van der Waals surface area (Å²) in [5.41, 5.74) is 7.73. The van der Waals surface area contributed by atoms with Gasteiger partial charge in [0.2, 0.25) is 5.91 Å². The molecule has 0 heterocycles. The van der Waals surface area contributed by atoms with Crippen molar-refractivity contribution in [1.82, 2.24) is 4.90 Å². The summed E-state index contributed by atoms with van der Waals surface area (Å²) in [6.07, 6.45) is 0.244. The van der Waals surface area contributed by atoms with Gasteiger partial charge >= 0.3 is 0 Å². The van der Waals surface area contributed by atoms with Crippen molar-refractivity contribution in [3.05, 3.63) is 65.7 Å². The fourth-order valence-electron chi connectivity index (χ4n) is 2.15. The molecule has 0 bridgehead atoms. The maximum atomic E-state index is 12.2. The maximum Gasteiger partial charge on any atom is 0.224 e. The highest BCUT2D eigenvalue weighted by Crippen LogP contribution is 2.19. The van der Waals surface area contributed by atoms with Crippen LogP contribution in [-0.2, 0) is 11.3 Å². The molecule has 0 spiro atoms. The Morgan fingerprint density at radius 1 is 1.14 bits per heavy atom. The van der Waals surface area contributed by atoms with Gasteiger partial charge in [0.05, 0.1) is 0 Å². The Kier molecular flexibility index (Phi) is 4.95. The first kappa shape index (κ1) is 15.1. The monoisotopic (exact) mass is 284 g/mol. The maximum absolute atomic E-state index is 12.2. The molecule has 3 N–H and O–H groups in total. The highest BCUT2D eigenvalue weighted by molar-refractivity contribution is 5.76. The smallest absolute Gasteiger partial charge is 0.224 e. The Morgan fingerprint density at radius 2 is 1.76 bits per heavy atom. The van der Waals surface area contributed by atoms with E-state index in [1.54, 1.807) is 30.1 Å². The number of amides is 1. The van der Waals surface area contributed by atoms with Crippen molar-refractivity contribution in [2.24, 2.45) is 5.73 Å². The Bertz CT molecular complexity index is 599. The number of aromatic hydroxyl groups is 1. The van der Waals surface area contributed by atoms with Crippen LogP contribution in [0.1, 0.15) is 23.6 Å². The molecule has 1 amide bonds. The molecule has 0 aliphatic heterocycles. The van der Waals surface area contributed by atoms with Crippen LogP contribution in [0, 0.1) is 0 Å². The number of nitrogens with two attached hydrogens (primary N) is 1. The van der Waals surface area contributed by atoms with E-state index in [2.05, 4.69) is 0 Å². The third-order valence-electron chi connectivity index (χ3n) is 3.45. The number of nitrogens with zero attached hydrogens (tertiary/aromatic N) is 1. The van der Waals surface area contributed by atoms with Crippen LogP contribution in [0.15, 0.2) is 54.6 Å². The lowest BCUT2D eigenvalue weighted by atomic mass is 10.0. The largest absolute Gasteiger partial charge is 0.508 e. The number of hydrogen-bond donors (Lipinski definition) is 2. The van der Waals surface area contributed by atoms with E-state index >= 15 is 0 Å². The van der Waals surface area contributed by atoms with Gasteiger partial charge in [0.25, 0.3) is 0 Å². The number of rotatable bonds is 5. The van der Waals surface area contributed by atoms with Gasteiger partial charge in [0.1, 0.15) is 5.75 Å². The molecule has 2 rings (SSSR count). The van der Waals surface area contributed by atoms with E-state index in [0.29, 0.717) is 6.54 Å². The Hall–Kier alpha value is -2.33. The van der Waals surface area contributed by atoms with Crippen LogP contribution in [0.25, 0.3) is 0 Å². The second-order valence-electron chi connectivity index (χ2n) is 5.10. The van der Waals surface area contributed by atoms with Gasteiger partial charge in [-0.1, -0.05) is 48.5 Å². The first-order valence-corrected chi connectivity index (χ1v) is 6.89. The van der Waals surface area contributed by atoms with Crippen LogP contribution in [0.3, 0.4) is 0 Å². The zero-order chi connectivity index (χ0) is 15.2. The van der Waals surface area contributed by atoms with E-state index in [1.165, 1.54) is 0 Å². The second-order valence-corrected chi connectivity index (χ2v) is 5.10. The summed E-state index contributed by atoms with van der Waals surface area (Å²) in [7, 11) is 1.71. The normalized spacial score (nSPS) is 11.9. The van der Waals surface area contributed by atoms with E-state index < -0.39 is 0 Å². The van der Waals surface area contributed by atoms with Gasteiger partial charge in [-0.2, -0.15) is 0 Å². The topological polar surface area (TPSA) is 66.6 Å². The quantitative estimate of drug-likeness (QED) is 0.886. The predicted molar refractivity (Wildman–Crippen MR) is 82.6 cm³/mol. The van der Waals surface area contributed by atoms with Crippen molar-refractivity contribution in [2.75, 3.05) is 7.05 Å². The van der Waals surface area contributed by atoms with Gasteiger partial charge in [0, 0.05) is 31.6 Å². The van der Waals surface area contributed by atoms with Crippen molar-refractivity contribution in [2.45, 2.75) is 19.0 Å². The van der Waals surface area contributed by atoms with Crippen LogP contribution in [0.5, 0.6) is 5.75 Å². The van der Waals surface area contributed by atoms with Gasteiger partial charge in [-0.3, -0.25) is 4.79 Å². The summed E-state index contributed by atoms with van der Waals surface area (Å²) in [6, 6.07) is 16.3. The average molecular weight is 284 g/mol. The number of phenols is 1. The molecule has 0 saturated carbocycles. The minimum absolute atomic E-state index is 0.0467. The summed E-state index contributed by atoms with van der Waals surface area (Å²) in [6.45, 7) is 0.368. The summed E-state index contributed by atoms with van der Waals surface area (Å²) in [4.78, 5) is 13.8. The molecule has 1 atom stereocenters. The molecular formula is C17H20N2O2. The number of hydrogen-bond acceptors (Lipinski definition) is 3. The van der Waals surface area contributed by atoms with E-state index in [-0.39, 0.29) is 24.1 Å². The number of carbonyl (C=O) groups is 1. The molecule has 2 aromatic carbocycles. The number of phenolic OH excluding ortho intramolecular Hbond substituents is 1. The summed E-state index contributed by atoms with van der Waals surface area (Å²) in [5.74, 6) is 0.152. The van der Waals surface area contributed by atoms with Crippen LogP contribution < -0.4 is 5.73 Å². The minimum Gasteiger partial charge on any atom is -0.508 e. The van der Waals surface area contributed by atoms with Gasteiger partial charge in [-0.15, -0.1) is 0 Å². The van der Waals surface area contributed by atoms with Gasteiger partial charge in [0.15, 0.2) is 0 Å². The third kappa shape index (κ3) is 4.07. The summed E-state index contributed by atoms with van der Waals surface area (Å²) in [5, 5.41) is 9.74. The van der Waals surface area contributed by atoms with Crippen molar-refractivity contribution in [3.63, 3.8) is 0 Å². The Balaban J connectivity index is 1.95. The zero-order valence-electron chi connectivity index (χ0n) is 12.1. The first-order valence-electron chi connectivity index (χ1n) is 6.89. The molecule has 0 aliphatic carbocycles. The highest BCUT2D eigenvalue weighted by atomic mass is 16.3. The second kappa shape index (κ2) is 6.90. The average Bonchev–Trinajstić information content (AvgIpc) is 2.50. The van der Waals surface area contributed by atoms with Crippen molar-refractivity contribution < 1.29 is 9.90 Å². The van der Waals surface area contributed by atoms with Crippen LogP contribution >= 0.6 is 0 Å². The summed E-state index contributed by atoms with van der Waals surface area (Å²) >= 11 is 0. The highest BCUT2D eigenvalue weighted by Gasteiger charge is 2.16. The predicted octanol–water partition coefficient (Wildman–Crippen LogP) is 2.44. The van der Waals surface area contributed by atoms with Crippen molar-refractivity contribution in [3.8, 4) is 5.75 Å². The van der Waals surface area contributed by atoms with Gasteiger partial charge in [-0.25, -0.2) is 0 Å². The molecule has 0 aromatic heterocycles. The van der Waals surface area contributed by atoms with E-state index in [9.17, 15) is 9.90 Å². The van der Waals surface area contributed by atoms with Crippen LogP contribution in [-0.4, -0.2) is 23.0 Å². The molecular weight excluding hydrogens is 264 g/mol. The van der Waals surface area contributed by atoms with Crippen molar-refractivity contribution in [1.29, 1.82) is 0 Å². The molecule has 1 unspecified atom stereocenters. The minimum atomic E-state index is -0.314. The Labute approximate surface area is 124 Å². The third-order valence-corrected chi connectivity index (χ3v) is 3.45. The van der Waals surface area contributed by atoms with Gasteiger partial charge < -0.3 is 15.7 Å². The van der Waals surface area contributed by atoms with Gasteiger partial charge in [-0.05, 0) is 11.6 Å². The lowest BCUT2D eigenvalue weighted by molar-refractivity contribution is -0.130. The molecule has 0 fully saturated rings. The molecule has 4 nitrogen and oxygen atoms in total. The lowest BCUT2D eigenvalue weighted by Gasteiger charge is -2.20. The molecule has 4 heteroatoms. The molecule has 0 radical (unpaired) electrons. The zero-order valence-corrected chi connectivity index (χ0v) is 12.1. The molecule has 21 heavy (non-hydrogen) atoms. The fourth-order valence-corrected chi connectivity index (χ4v) is 2.15. The molecule has 0 saturated heterocycles. The molecule has 110 valence electrons. The first-order chi connectivity index (χ1) is 10.1. The van der Waals surface area contributed by atoms with E-state index in [4.69, 9.17) is 5.73 Å². The molecule has 2 aromatic rings. The van der Waals surface area contributed by atoms with E-state index in [1.807, 2.05) is 36.4 Å². The van der Waals surface area contributed by atoms with Crippen molar-refractivity contribution >= 4 is 5.91 Å². The van der Waals surface area contributed by atoms with E-state index in [0.717, 1.165) is 11.1 Å². The van der Waals surface area contributed by atoms with Crippen LogP contribution in [0.2, 0.25) is 0 Å². The SMILES string of the molecule is CN(Cc1ccccc1O)C(=O)CC(N)c1ccccc1. The lowest BCUT2D eigenvalue weighted by Crippen LogP contribution is -2.29. The summed E-state index contributed by atoms with van der Waals surface area (Å²) < 4.78 is 0. The number of carbonyl (C=O) groups excluding carboxylic acids is 1. The number of para-hydroxylation sites is 1. The number of benzene rings is 2. The Morgan fingerprint density at radius 3 is 2.43 bits per heavy atom. The van der Waals surface area contributed by atoms with Crippen LogP contribution in [0.4, 0.5) is 0 Å². The molecule has 0 aliphatic rings. The fraction of sp³-hybridized carbons (Fsp3) is 0.235.